The molecule has 3 heterocycles. The fourth-order valence-electron chi connectivity index (χ4n) is 2.60. The number of nitrogens with zero attached hydrogens (tertiary/aromatic N) is 2. The summed E-state index contributed by atoms with van der Waals surface area (Å²) in [6.45, 7) is 0.636. The lowest BCUT2D eigenvalue weighted by molar-refractivity contribution is 0.0694. The van der Waals surface area contributed by atoms with Gasteiger partial charge in [0.2, 0.25) is 5.88 Å². The molecule has 4 rings (SSSR count). The van der Waals surface area contributed by atoms with Gasteiger partial charge in [0.05, 0.1) is 0 Å². The maximum atomic E-state index is 11.4. The lowest BCUT2D eigenvalue weighted by atomic mass is 10.1. The van der Waals surface area contributed by atoms with Crippen molar-refractivity contribution in [3.8, 4) is 5.75 Å². The number of aromatic carboxylic acids is 1. The Bertz CT molecular complexity index is 878. The molecular weight excluding hydrogens is 310 g/mol. The number of hydrogen-bond acceptors (Lipinski definition) is 6. The molecule has 0 spiro atoms. The number of furan rings is 1. The van der Waals surface area contributed by atoms with E-state index in [1.54, 1.807) is 24.6 Å². The Balaban J connectivity index is 1.70. The van der Waals surface area contributed by atoms with Gasteiger partial charge in [-0.2, -0.15) is 0 Å². The quantitative estimate of drug-likeness (QED) is 0.779. The average molecular weight is 325 g/mol. The van der Waals surface area contributed by atoms with Crippen molar-refractivity contribution in [1.82, 2.24) is 4.98 Å². The zero-order chi connectivity index (χ0) is 16.7. The van der Waals surface area contributed by atoms with Crippen LogP contribution in [0, 0.1) is 5.92 Å². The molecule has 2 aromatic heterocycles. The molecule has 0 radical (unpaired) electrons. The molecule has 1 saturated carbocycles. The number of nitrogens with one attached hydrogen (secondary N) is 1. The van der Waals surface area contributed by atoms with Gasteiger partial charge in [-0.3, -0.25) is 0 Å². The van der Waals surface area contributed by atoms with E-state index in [1.807, 2.05) is 6.07 Å². The number of carboxylic acids is 1. The number of hydrogen-bond donors (Lipinski definition) is 3. The molecule has 2 aromatic rings. The van der Waals surface area contributed by atoms with Crippen molar-refractivity contribution in [1.29, 1.82) is 0 Å². The fraction of sp³-hybridized carbons (Fsp3) is 0.235. The molecule has 0 bridgehead atoms. The summed E-state index contributed by atoms with van der Waals surface area (Å²) in [6, 6.07) is 3.64. The van der Waals surface area contributed by atoms with E-state index in [-0.39, 0.29) is 23.0 Å². The van der Waals surface area contributed by atoms with Crippen LogP contribution in [0.1, 0.15) is 34.5 Å². The Hall–Kier alpha value is -3.09. The molecular formula is C17H15N3O4. The van der Waals surface area contributed by atoms with Gasteiger partial charge >= 0.3 is 5.97 Å². The Labute approximate surface area is 137 Å². The second kappa shape index (κ2) is 5.52. The van der Waals surface area contributed by atoms with Crippen molar-refractivity contribution >= 4 is 35.5 Å². The summed E-state index contributed by atoms with van der Waals surface area (Å²) in [7, 11) is 0. The lowest BCUT2D eigenvalue weighted by Crippen LogP contribution is -2.06. The van der Waals surface area contributed by atoms with Crippen LogP contribution in [0.2, 0.25) is 0 Å². The molecule has 0 atom stereocenters. The largest absolute Gasteiger partial charge is 0.504 e. The van der Waals surface area contributed by atoms with Crippen LogP contribution in [-0.4, -0.2) is 33.9 Å². The zero-order valence-corrected chi connectivity index (χ0v) is 12.7. The Morgan fingerprint density at radius 2 is 2.29 bits per heavy atom. The number of aromatic hydroxyl groups is 1. The van der Waals surface area contributed by atoms with Crippen molar-refractivity contribution in [3.63, 3.8) is 0 Å². The van der Waals surface area contributed by atoms with Crippen molar-refractivity contribution in [2.45, 2.75) is 12.8 Å². The standard InChI is InChI=1S/C17H15N3O4/c21-14-12(6-10-8-19-15-11(10)2-1-5-18-15)24-16(13(14)17(22)23)20-7-9-3-4-9/h1-2,5-6,8-9,20-21H,3-4,7H2,(H,22,23). The van der Waals surface area contributed by atoms with E-state index < -0.39 is 5.97 Å². The van der Waals surface area contributed by atoms with E-state index in [0.717, 1.165) is 18.4 Å². The molecule has 3 N–H and O–H groups in total. The van der Waals surface area contributed by atoms with E-state index in [9.17, 15) is 15.0 Å². The van der Waals surface area contributed by atoms with E-state index in [2.05, 4.69) is 15.3 Å². The maximum absolute atomic E-state index is 11.4. The molecule has 24 heavy (non-hydrogen) atoms. The highest BCUT2D eigenvalue weighted by molar-refractivity contribution is 6.21. The minimum absolute atomic E-state index is 0.0834. The first-order valence-electron chi connectivity index (χ1n) is 7.67. The second-order valence-electron chi connectivity index (χ2n) is 5.88. The molecule has 0 amide bonds. The molecule has 122 valence electrons. The SMILES string of the molecule is O=C(O)c1c(NCC2CC2)oc(C=C2C=Nc3ncccc32)c1O. The monoisotopic (exact) mass is 325 g/mol. The van der Waals surface area contributed by atoms with Gasteiger partial charge in [-0.15, -0.1) is 0 Å². The number of anilines is 1. The molecule has 1 aliphatic heterocycles. The fourth-order valence-corrected chi connectivity index (χ4v) is 2.60. The molecule has 0 saturated heterocycles. The van der Waals surface area contributed by atoms with Gasteiger partial charge in [0.1, 0.15) is 0 Å². The van der Waals surface area contributed by atoms with Gasteiger partial charge < -0.3 is 19.9 Å². The van der Waals surface area contributed by atoms with E-state index >= 15 is 0 Å². The lowest BCUT2D eigenvalue weighted by Gasteiger charge is -2.01. The topological polar surface area (TPSA) is 108 Å². The maximum Gasteiger partial charge on any atom is 0.345 e. The summed E-state index contributed by atoms with van der Waals surface area (Å²) in [6.07, 6.45) is 7.07. The van der Waals surface area contributed by atoms with Crippen molar-refractivity contribution in [3.05, 3.63) is 35.2 Å². The van der Waals surface area contributed by atoms with Gasteiger partial charge in [0.25, 0.3) is 0 Å². The Morgan fingerprint density at radius 1 is 1.46 bits per heavy atom. The third kappa shape index (κ3) is 2.54. The highest BCUT2D eigenvalue weighted by atomic mass is 16.4. The number of aliphatic imine (C=N–C) groups is 1. The van der Waals surface area contributed by atoms with Crippen molar-refractivity contribution in [2.24, 2.45) is 10.9 Å². The number of rotatable bonds is 5. The first kappa shape index (κ1) is 14.5. The molecule has 2 aliphatic rings. The molecule has 0 unspecified atom stereocenters. The van der Waals surface area contributed by atoms with Gasteiger partial charge in [-0.05, 0) is 37.0 Å². The van der Waals surface area contributed by atoms with Gasteiger partial charge in [0.15, 0.2) is 22.9 Å². The van der Waals surface area contributed by atoms with Gasteiger partial charge in [-0.25, -0.2) is 14.8 Å². The van der Waals surface area contributed by atoms with Crippen LogP contribution < -0.4 is 5.32 Å². The molecule has 0 aromatic carbocycles. The zero-order valence-electron chi connectivity index (χ0n) is 12.7. The minimum atomic E-state index is -1.23. The number of aromatic nitrogens is 1. The number of carbonyl (C=O) groups is 1. The van der Waals surface area contributed by atoms with Gasteiger partial charge in [-0.1, -0.05) is 0 Å². The number of allylic oxidation sites excluding steroid dienone is 1. The van der Waals surface area contributed by atoms with Crippen LogP contribution in [0.5, 0.6) is 5.75 Å². The van der Waals surface area contributed by atoms with Gasteiger partial charge in [0, 0.05) is 30.1 Å². The molecule has 1 fully saturated rings. The third-order valence-corrected chi connectivity index (χ3v) is 4.08. The predicted molar refractivity (Wildman–Crippen MR) is 88.8 cm³/mol. The van der Waals surface area contributed by atoms with Crippen molar-refractivity contribution in [2.75, 3.05) is 11.9 Å². The Kier molecular flexibility index (Phi) is 3.34. The van der Waals surface area contributed by atoms with Crippen LogP contribution >= 0.6 is 0 Å². The summed E-state index contributed by atoms with van der Waals surface area (Å²) in [5, 5.41) is 22.6. The number of fused-ring (bicyclic) bond motifs is 1. The summed E-state index contributed by atoms with van der Waals surface area (Å²) in [5.41, 5.74) is 1.26. The molecule has 7 nitrogen and oxygen atoms in total. The minimum Gasteiger partial charge on any atom is -0.504 e. The number of pyridine rings is 1. The highest BCUT2D eigenvalue weighted by Gasteiger charge is 2.27. The van der Waals surface area contributed by atoms with E-state index in [1.165, 1.54) is 0 Å². The summed E-state index contributed by atoms with van der Waals surface area (Å²) >= 11 is 0. The van der Waals surface area contributed by atoms with Crippen LogP contribution in [0.3, 0.4) is 0 Å². The summed E-state index contributed by atoms with van der Waals surface area (Å²) in [5.74, 6) is -0.328. The Morgan fingerprint density at radius 3 is 3.04 bits per heavy atom. The average Bonchev–Trinajstić information content (AvgIpc) is 3.23. The summed E-state index contributed by atoms with van der Waals surface area (Å²) in [4.78, 5) is 19.8. The first-order valence-corrected chi connectivity index (χ1v) is 7.67. The van der Waals surface area contributed by atoms with Crippen molar-refractivity contribution < 1.29 is 19.4 Å². The molecule has 7 heteroatoms. The van der Waals surface area contributed by atoms with E-state index in [4.69, 9.17) is 4.42 Å². The number of carboxylic acid groups (broad SMARTS) is 1. The normalized spacial score (nSPS) is 17.2. The van der Waals surface area contributed by atoms with Crippen LogP contribution in [-0.2, 0) is 0 Å². The van der Waals surface area contributed by atoms with Crippen LogP contribution in [0.15, 0.2) is 27.7 Å². The smallest absolute Gasteiger partial charge is 0.345 e. The van der Waals surface area contributed by atoms with Crippen LogP contribution in [0.4, 0.5) is 11.7 Å². The predicted octanol–water partition coefficient (Wildman–Crippen LogP) is 3.16. The molecule has 1 aliphatic carbocycles. The third-order valence-electron chi connectivity index (χ3n) is 4.08. The van der Waals surface area contributed by atoms with E-state index in [0.29, 0.717) is 23.9 Å². The highest BCUT2D eigenvalue weighted by Crippen LogP contribution is 2.38. The second-order valence-corrected chi connectivity index (χ2v) is 5.88. The first-order chi connectivity index (χ1) is 11.6. The summed E-state index contributed by atoms with van der Waals surface area (Å²) < 4.78 is 5.56. The van der Waals surface area contributed by atoms with Crippen LogP contribution in [0.25, 0.3) is 11.6 Å².